The van der Waals surface area contributed by atoms with E-state index in [0.29, 0.717) is 38.5 Å². The van der Waals surface area contributed by atoms with E-state index in [2.05, 4.69) is 14.9 Å². The number of fused-ring (bicyclic) bond motifs is 2. The van der Waals surface area contributed by atoms with Crippen molar-refractivity contribution < 1.29 is 19.0 Å². The molecular formula is C22H21N3O4. The van der Waals surface area contributed by atoms with Crippen LogP contribution in [0.1, 0.15) is 16.2 Å². The van der Waals surface area contributed by atoms with E-state index in [0.717, 1.165) is 28.6 Å². The summed E-state index contributed by atoms with van der Waals surface area (Å²) >= 11 is 0. The lowest BCUT2D eigenvalue weighted by Gasteiger charge is -2.26. The third-order valence-corrected chi connectivity index (χ3v) is 5.14. The Morgan fingerprint density at radius 2 is 1.93 bits per heavy atom. The average molecular weight is 391 g/mol. The van der Waals surface area contributed by atoms with Crippen LogP contribution >= 0.6 is 0 Å². The Balaban J connectivity index is 1.31. The monoisotopic (exact) mass is 391 g/mol. The number of hydrogen-bond acceptors (Lipinski definition) is 5. The molecule has 1 unspecified atom stereocenters. The molecule has 5 rings (SSSR count). The summed E-state index contributed by atoms with van der Waals surface area (Å²) in [6.45, 7) is 2.59. The first-order valence-electron chi connectivity index (χ1n) is 9.67. The Morgan fingerprint density at radius 1 is 1.10 bits per heavy atom. The Kier molecular flexibility index (Phi) is 4.65. The fourth-order valence-electron chi connectivity index (χ4n) is 3.64. The smallest absolute Gasteiger partial charge is 0.251 e. The molecule has 3 heterocycles. The van der Waals surface area contributed by atoms with Gasteiger partial charge in [0.25, 0.3) is 5.91 Å². The van der Waals surface area contributed by atoms with Crippen LogP contribution < -0.4 is 14.8 Å². The van der Waals surface area contributed by atoms with Gasteiger partial charge in [0.05, 0.1) is 24.5 Å². The molecule has 2 aromatic carbocycles. The van der Waals surface area contributed by atoms with Gasteiger partial charge in [-0.1, -0.05) is 18.2 Å². The minimum atomic E-state index is -0.125. The third-order valence-electron chi connectivity index (χ3n) is 5.14. The summed E-state index contributed by atoms with van der Waals surface area (Å²) in [5.74, 6) is 2.30. The lowest BCUT2D eigenvalue weighted by atomic mass is 10.1. The van der Waals surface area contributed by atoms with E-state index in [4.69, 9.17) is 14.2 Å². The quantitative estimate of drug-likeness (QED) is 0.740. The molecule has 0 bridgehead atoms. The average Bonchev–Trinajstić information content (AvgIpc) is 3.21. The Bertz CT molecular complexity index is 1030. The molecule has 7 nitrogen and oxygen atoms in total. The van der Waals surface area contributed by atoms with Crippen molar-refractivity contribution in [2.45, 2.75) is 19.3 Å². The van der Waals surface area contributed by atoms with Gasteiger partial charge in [0.2, 0.25) is 0 Å². The van der Waals surface area contributed by atoms with Crippen molar-refractivity contribution in [1.29, 1.82) is 0 Å². The van der Waals surface area contributed by atoms with Crippen LogP contribution in [0, 0.1) is 0 Å². The predicted octanol–water partition coefficient (Wildman–Crippen LogP) is 2.65. The molecule has 0 saturated carbocycles. The summed E-state index contributed by atoms with van der Waals surface area (Å²) in [5.41, 5.74) is 2.66. The lowest BCUT2D eigenvalue weighted by molar-refractivity contribution is 0.00374. The first-order chi connectivity index (χ1) is 14.3. The summed E-state index contributed by atoms with van der Waals surface area (Å²) in [5, 5.41) is 2.96. The van der Waals surface area contributed by atoms with Gasteiger partial charge in [-0.25, -0.2) is 4.98 Å². The zero-order chi connectivity index (χ0) is 19.6. The van der Waals surface area contributed by atoms with Crippen molar-refractivity contribution in [2.75, 3.05) is 19.8 Å². The van der Waals surface area contributed by atoms with Crippen LogP contribution in [0.3, 0.4) is 0 Å². The molecule has 0 spiro atoms. The van der Waals surface area contributed by atoms with Gasteiger partial charge in [0.1, 0.15) is 25.6 Å². The molecule has 0 radical (unpaired) electrons. The molecule has 148 valence electrons. The molecule has 29 heavy (non-hydrogen) atoms. The standard InChI is InChI=1S/C22H21N3O4/c26-22(15-4-2-1-3-5-15)24-11-17-13-25-18(12-23-21(25)14-29-17)16-6-7-19-20(10-16)28-9-8-27-19/h1-7,10,12,17H,8-9,11,13-14H2,(H,24,26). The van der Waals surface area contributed by atoms with E-state index in [9.17, 15) is 4.79 Å². The van der Waals surface area contributed by atoms with E-state index < -0.39 is 0 Å². The second-order valence-corrected chi connectivity index (χ2v) is 7.04. The molecule has 7 heteroatoms. The first-order valence-corrected chi connectivity index (χ1v) is 9.67. The molecule has 0 saturated heterocycles. The number of nitrogens with one attached hydrogen (secondary N) is 1. The van der Waals surface area contributed by atoms with Gasteiger partial charge in [0.15, 0.2) is 11.5 Å². The van der Waals surface area contributed by atoms with Crippen molar-refractivity contribution in [1.82, 2.24) is 14.9 Å². The van der Waals surface area contributed by atoms with Crippen molar-refractivity contribution >= 4 is 5.91 Å². The molecule has 0 fully saturated rings. The van der Waals surface area contributed by atoms with Gasteiger partial charge < -0.3 is 24.1 Å². The van der Waals surface area contributed by atoms with E-state index in [1.165, 1.54) is 0 Å². The summed E-state index contributed by atoms with van der Waals surface area (Å²) in [7, 11) is 0. The molecule has 0 aliphatic carbocycles. The number of hydrogen-bond donors (Lipinski definition) is 1. The van der Waals surface area contributed by atoms with Crippen molar-refractivity contribution in [3.63, 3.8) is 0 Å². The fraction of sp³-hybridized carbons (Fsp3) is 0.273. The minimum absolute atomic E-state index is 0.0994. The van der Waals surface area contributed by atoms with E-state index in [1.54, 1.807) is 12.1 Å². The molecular weight excluding hydrogens is 370 g/mol. The van der Waals surface area contributed by atoms with E-state index in [-0.39, 0.29) is 12.0 Å². The largest absolute Gasteiger partial charge is 0.486 e. The van der Waals surface area contributed by atoms with E-state index >= 15 is 0 Å². The van der Waals surface area contributed by atoms with Crippen LogP contribution in [0.2, 0.25) is 0 Å². The van der Waals surface area contributed by atoms with Gasteiger partial charge in [-0.2, -0.15) is 0 Å². The number of rotatable bonds is 4. The van der Waals surface area contributed by atoms with Gasteiger partial charge in [-0.05, 0) is 30.3 Å². The van der Waals surface area contributed by atoms with Crippen molar-refractivity contribution in [3.8, 4) is 22.8 Å². The molecule has 1 amide bonds. The van der Waals surface area contributed by atoms with Crippen molar-refractivity contribution in [3.05, 3.63) is 66.1 Å². The topological polar surface area (TPSA) is 74.6 Å². The van der Waals surface area contributed by atoms with Crippen LogP contribution in [0.25, 0.3) is 11.3 Å². The highest BCUT2D eigenvalue weighted by Gasteiger charge is 2.24. The van der Waals surface area contributed by atoms with Crippen LogP contribution in [-0.2, 0) is 17.9 Å². The molecule has 1 aromatic heterocycles. The molecule has 2 aliphatic rings. The number of ether oxygens (including phenoxy) is 3. The number of amides is 1. The Hall–Kier alpha value is -3.32. The summed E-state index contributed by atoms with van der Waals surface area (Å²) < 4.78 is 19.4. The zero-order valence-electron chi connectivity index (χ0n) is 15.8. The first kappa shape index (κ1) is 17.8. The van der Waals surface area contributed by atoms with Crippen LogP contribution in [0.4, 0.5) is 0 Å². The van der Waals surface area contributed by atoms with Gasteiger partial charge in [-0.3, -0.25) is 4.79 Å². The SMILES string of the molecule is O=C(NCC1Cn2c(-c3ccc4c(c3)OCCO4)cnc2CO1)c1ccccc1. The number of carbonyl (C=O) groups excluding carboxylic acids is 1. The molecule has 2 aliphatic heterocycles. The molecule has 1 atom stereocenters. The van der Waals surface area contributed by atoms with Gasteiger partial charge in [0, 0.05) is 17.7 Å². The van der Waals surface area contributed by atoms with Crippen molar-refractivity contribution in [2.24, 2.45) is 0 Å². The summed E-state index contributed by atoms with van der Waals surface area (Å²) in [6.07, 6.45) is 1.73. The minimum Gasteiger partial charge on any atom is -0.486 e. The molecule has 1 N–H and O–H groups in total. The van der Waals surface area contributed by atoms with E-state index in [1.807, 2.05) is 42.6 Å². The number of carbonyl (C=O) groups is 1. The molecule has 3 aromatic rings. The van der Waals surface area contributed by atoms with Crippen LogP contribution in [-0.4, -0.2) is 41.3 Å². The number of imidazole rings is 1. The maximum absolute atomic E-state index is 12.3. The number of nitrogens with zero attached hydrogens (tertiary/aromatic N) is 2. The summed E-state index contributed by atoms with van der Waals surface area (Å²) in [4.78, 5) is 16.8. The second kappa shape index (κ2) is 7.60. The highest BCUT2D eigenvalue weighted by Crippen LogP contribution is 2.35. The fourth-order valence-corrected chi connectivity index (χ4v) is 3.64. The highest BCUT2D eigenvalue weighted by molar-refractivity contribution is 5.94. The highest BCUT2D eigenvalue weighted by atomic mass is 16.6. The normalized spacial score (nSPS) is 17.4. The Morgan fingerprint density at radius 3 is 2.79 bits per heavy atom. The second-order valence-electron chi connectivity index (χ2n) is 7.04. The third kappa shape index (κ3) is 3.56. The number of aromatic nitrogens is 2. The Labute approximate surface area is 168 Å². The zero-order valence-corrected chi connectivity index (χ0v) is 15.8. The van der Waals surface area contributed by atoms with Crippen LogP contribution in [0.5, 0.6) is 11.5 Å². The lowest BCUT2D eigenvalue weighted by Crippen LogP contribution is -2.39. The summed E-state index contributed by atoms with van der Waals surface area (Å²) in [6, 6.07) is 15.1. The van der Waals surface area contributed by atoms with Gasteiger partial charge >= 0.3 is 0 Å². The predicted molar refractivity (Wildman–Crippen MR) is 106 cm³/mol. The number of benzene rings is 2. The van der Waals surface area contributed by atoms with Crippen LogP contribution in [0.15, 0.2) is 54.7 Å². The maximum atomic E-state index is 12.3. The van der Waals surface area contributed by atoms with Gasteiger partial charge in [-0.15, -0.1) is 0 Å². The maximum Gasteiger partial charge on any atom is 0.251 e.